The maximum atomic E-state index is 13.4. The maximum absolute atomic E-state index is 13.4. The zero-order valence-corrected chi connectivity index (χ0v) is 11.7. The number of rotatable bonds is 4. The summed E-state index contributed by atoms with van der Waals surface area (Å²) >= 11 is 1.52. The first-order valence-electron chi connectivity index (χ1n) is 6.52. The minimum Gasteiger partial charge on any atom is -0.309 e. The molecule has 0 spiro atoms. The molecule has 0 aromatic carbocycles. The molecule has 0 amide bonds. The van der Waals surface area contributed by atoms with E-state index in [-0.39, 0.29) is 18.8 Å². The Labute approximate surface area is 111 Å². The molecule has 1 aromatic heterocycles. The smallest absolute Gasteiger partial charge is 0.248 e. The van der Waals surface area contributed by atoms with Crippen molar-refractivity contribution in [3.05, 3.63) is 16.1 Å². The van der Waals surface area contributed by atoms with Crippen LogP contribution in [0.25, 0.3) is 0 Å². The summed E-state index contributed by atoms with van der Waals surface area (Å²) in [5.41, 5.74) is 0.970. The molecule has 0 aliphatic heterocycles. The third kappa shape index (κ3) is 3.72. The van der Waals surface area contributed by atoms with E-state index < -0.39 is 5.92 Å². The van der Waals surface area contributed by atoms with Crippen molar-refractivity contribution < 1.29 is 8.78 Å². The van der Waals surface area contributed by atoms with Crippen molar-refractivity contribution in [2.45, 2.75) is 64.0 Å². The number of hydrogen-bond acceptors (Lipinski definition) is 3. The normalized spacial score (nSPS) is 23.5. The quantitative estimate of drug-likeness (QED) is 0.899. The van der Waals surface area contributed by atoms with Crippen molar-refractivity contribution in [3.8, 4) is 0 Å². The average molecular weight is 274 g/mol. The summed E-state index contributed by atoms with van der Waals surface area (Å²) in [5, 5.41) is 6.16. The molecule has 2 nitrogen and oxygen atoms in total. The summed E-state index contributed by atoms with van der Waals surface area (Å²) in [6, 6.07) is 0.411. The Bertz CT molecular complexity index is 390. The van der Waals surface area contributed by atoms with Crippen LogP contribution in [-0.4, -0.2) is 16.9 Å². The van der Waals surface area contributed by atoms with E-state index in [1.165, 1.54) is 11.3 Å². The predicted octanol–water partition coefficient (Wildman–Crippen LogP) is 3.93. The van der Waals surface area contributed by atoms with Crippen LogP contribution in [0.15, 0.2) is 5.38 Å². The van der Waals surface area contributed by atoms with Crippen molar-refractivity contribution in [3.63, 3.8) is 0 Å². The van der Waals surface area contributed by atoms with E-state index >= 15 is 0 Å². The van der Waals surface area contributed by atoms with Crippen LogP contribution in [-0.2, 0) is 6.54 Å². The van der Waals surface area contributed by atoms with Gasteiger partial charge in [-0.2, -0.15) is 0 Å². The number of nitrogens with zero attached hydrogens (tertiary/aromatic N) is 1. The number of thiazole rings is 1. The molecule has 102 valence electrons. The fraction of sp³-hybridized carbons (Fsp3) is 0.769. The van der Waals surface area contributed by atoms with Gasteiger partial charge in [-0.3, -0.25) is 0 Å². The fourth-order valence-electron chi connectivity index (χ4n) is 2.28. The average Bonchev–Trinajstić information content (AvgIpc) is 2.73. The number of halogens is 2. The van der Waals surface area contributed by atoms with E-state index in [1.54, 1.807) is 0 Å². The lowest BCUT2D eigenvalue weighted by atomic mass is 9.87. The molecule has 1 N–H and O–H groups in total. The molecule has 1 aliphatic rings. The third-order valence-electron chi connectivity index (χ3n) is 3.25. The zero-order chi connectivity index (χ0) is 13.2. The number of hydrogen-bond donors (Lipinski definition) is 1. The summed E-state index contributed by atoms with van der Waals surface area (Å²) in [4.78, 5) is 4.49. The molecular weight excluding hydrogens is 254 g/mol. The SMILES string of the molecule is CC(C)NCc1csc(C2CCCC(F)(F)C2)n1. The summed E-state index contributed by atoms with van der Waals surface area (Å²) in [5.74, 6) is -2.54. The first kappa shape index (κ1) is 13.9. The predicted molar refractivity (Wildman–Crippen MR) is 70.2 cm³/mol. The highest BCUT2D eigenvalue weighted by atomic mass is 32.1. The van der Waals surface area contributed by atoms with Crippen molar-refractivity contribution in [2.24, 2.45) is 0 Å². The Morgan fingerprint density at radius 2 is 2.33 bits per heavy atom. The third-order valence-corrected chi connectivity index (χ3v) is 4.31. The van der Waals surface area contributed by atoms with E-state index in [9.17, 15) is 8.78 Å². The summed E-state index contributed by atoms with van der Waals surface area (Å²) in [6.45, 7) is 4.88. The molecule has 1 saturated carbocycles. The lowest BCUT2D eigenvalue weighted by Crippen LogP contribution is -2.25. The van der Waals surface area contributed by atoms with E-state index in [4.69, 9.17) is 0 Å². The highest BCUT2D eigenvalue weighted by molar-refractivity contribution is 7.09. The topological polar surface area (TPSA) is 24.9 Å². The standard InChI is InChI=1S/C13H20F2N2S/c1-9(2)16-7-11-8-18-12(17-11)10-4-3-5-13(14,15)6-10/h8-10,16H,3-7H2,1-2H3. The van der Waals surface area contributed by atoms with Crippen LogP contribution in [0.1, 0.15) is 56.2 Å². The van der Waals surface area contributed by atoms with Crippen LogP contribution in [0, 0.1) is 0 Å². The van der Waals surface area contributed by atoms with E-state index in [0.717, 1.165) is 23.7 Å². The molecule has 1 atom stereocenters. The molecule has 1 aromatic rings. The van der Waals surface area contributed by atoms with Gasteiger partial charge in [-0.05, 0) is 12.8 Å². The van der Waals surface area contributed by atoms with Gasteiger partial charge in [0.05, 0.1) is 10.7 Å². The largest absolute Gasteiger partial charge is 0.309 e. The molecule has 1 heterocycles. The molecule has 2 rings (SSSR count). The molecule has 0 saturated heterocycles. The monoisotopic (exact) mass is 274 g/mol. The van der Waals surface area contributed by atoms with E-state index in [1.807, 2.05) is 5.38 Å². The Morgan fingerprint density at radius 3 is 3.00 bits per heavy atom. The first-order chi connectivity index (χ1) is 8.46. The highest BCUT2D eigenvalue weighted by Crippen LogP contribution is 2.42. The van der Waals surface area contributed by atoms with Crippen LogP contribution >= 0.6 is 11.3 Å². The molecule has 0 bridgehead atoms. The van der Waals surface area contributed by atoms with Crippen LogP contribution < -0.4 is 5.32 Å². The van der Waals surface area contributed by atoms with Gasteiger partial charge in [0.1, 0.15) is 0 Å². The minimum absolute atomic E-state index is 0.0302. The van der Waals surface area contributed by atoms with Gasteiger partial charge in [-0.15, -0.1) is 11.3 Å². The second-order valence-electron chi connectivity index (χ2n) is 5.36. The molecule has 0 radical (unpaired) electrons. The lowest BCUT2D eigenvalue weighted by Gasteiger charge is -2.27. The Balaban J connectivity index is 1.97. The van der Waals surface area contributed by atoms with Gasteiger partial charge in [-0.25, -0.2) is 13.8 Å². The van der Waals surface area contributed by atoms with Gasteiger partial charge >= 0.3 is 0 Å². The highest BCUT2D eigenvalue weighted by Gasteiger charge is 2.37. The lowest BCUT2D eigenvalue weighted by molar-refractivity contribution is -0.0408. The second-order valence-corrected chi connectivity index (χ2v) is 6.25. The van der Waals surface area contributed by atoms with Gasteiger partial charge < -0.3 is 5.32 Å². The molecule has 1 fully saturated rings. The summed E-state index contributed by atoms with van der Waals surface area (Å²) in [6.07, 6.45) is 1.46. The molecule has 5 heteroatoms. The second kappa shape index (κ2) is 5.61. The molecule has 1 aliphatic carbocycles. The van der Waals surface area contributed by atoms with E-state index in [0.29, 0.717) is 12.5 Å². The van der Waals surface area contributed by atoms with Crippen molar-refractivity contribution in [1.82, 2.24) is 10.3 Å². The van der Waals surface area contributed by atoms with Crippen LogP contribution in [0.3, 0.4) is 0 Å². The zero-order valence-electron chi connectivity index (χ0n) is 10.9. The minimum atomic E-state index is -2.50. The Morgan fingerprint density at radius 1 is 1.56 bits per heavy atom. The number of nitrogens with one attached hydrogen (secondary N) is 1. The molecular formula is C13H20F2N2S. The van der Waals surface area contributed by atoms with Crippen LogP contribution in [0.4, 0.5) is 8.78 Å². The number of aromatic nitrogens is 1. The first-order valence-corrected chi connectivity index (χ1v) is 7.40. The fourth-order valence-corrected chi connectivity index (χ4v) is 3.24. The van der Waals surface area contributed by atoms with Gasteiger partial charge in [0.2, 0.25) is 5.92 Å². The number of alkyl halides is 2. The van der Waals surface area contributed by atoms with Gasteiger partial charge in [-0.1, -0.05) is 13.8 Å². The van der Waals surface area contributed by atoms with E-state index in [2.05, 4.69) is 24.1 Å². The molecule has 18 heavy (non-hydrogen) atoms. The van der Waals surface area contributed by atoms with Crippen molar-refractivity contribution in [1.29, 1.82) is 0 Å². The van der Waals surface area contributed by atoms with Crippen molar-refractivity contribution >= 4 is 11.3 Å². The molecule has 1 unspecified atom stereocenters. The van der Waals surface area contributed by atoms with Gasteiger partial charge in [0.15, 0.2) is 0 Å². The van der Waals surface area contributed by atoms with Crippen LogP contribution in [0.5, 0.6) is 0 Å². The summed E-state index contributed by atoms with van der Waals surface area (Å²) in [7, 11) is 0. The maximum Gasteiger partial charge on any atom is 0.248 e. The van der Waals surface area contributed by atoms with Crippen LogP contribution in [0.2, 0.25) is 0 Å². The Kier molecular flexibility index (Phi) is 4.33. The van der Waals surface area contributed by atoms with Gasteiger partial charge in [0, 0.05) is 36.7 Å². The van der Waals surface area contributed by atoms with Gasteiger partial charge in [0.25, 0.3) is 0 Å². The Hall–Kier alpha value is -0.550. The van der Waals surface area contributed by atoms with Crippen molar-refractivity contribution in [2.75, 3.05) is 0 Å². The summed E-state index contributed by atoms with van der Waals surface area (Å²) < 4.78 is 26.7.